The molecule has 5 nitrogen and oxygen atoms in total. The number of hydrogen-bond acceptors (Lipinski definition) is 3. The van der Waals surface area contributed by atoms with Gasteiger partial charge in [0, 0.05) is 18.7 Å². The molecule has 0 spiro atoms. The highest BCUT2D eigenvalue weighted by Crippen LogP contribution is 2.25. The van der Waals surface area contributed by atoms with E-state index in [0.717, 1.165) is 22.4 Å². The van der Waals surface area contributed by atoms with E-state index in [1.54, 1.807) is 0 Å². The molecular formula is C20H23FN2O3. The lowest BCUT2D eigenvalue weighted by Gasteiger charge is -2.14. The van der Waals surface area contributed by atoms with E-state index in [4.69, 9.17) is 4.74 Å². The minimum Gasteiger partial charge on any atom is -0.483 e. The molecule has 26 heavy (non-hydrogen) atoms. The van der Waals surface area contributed by atoms with Crippen LogP contribution < -0.4 is 15.4 Å². The largest absolute Gasteiger partial charge is 0.483 e. The summed E-state index contributed by atoms with van der Waals surface area (Å²) in [5, 5.41) is 5.34. The topological polar surface area (TPSA) is 67.4 Å². The average molecular weight is 358 g/mol. The second-order valence-corrected chi connectivity index (χ2v) is 6.05. The van der Waals surface area contributed by atoms with E-state index in [-0.39, 0.29) is 31.5 Å². The fourth-order valence-electron chi connectivity index (χ4n) is 2.42. The van der Waals surface area contributed by atoms with Gasteiger partial charge in [0.2, 0.25) is 0 Å². The number of hydrogen-bond donors (Lipinski definition) is 2. The van der Waals surface area contributed by atoms with Gasteiger partial charge in [-0.2, -0.15) is 0 Å². The summed E-state index contributed by atoms with van der Waals surface area (Å²) in [6.45, 7) is 6.35. The van der Waals surface area contributed by atoms with Gasteiger partial charge in [0.15, 0.2) is 6.61 Å². The van der Waals surface area contributed by atoms with Gasteiger partial charge >= 0.3 is 0 Å². The Morgan fingerprint density at radius 1 is 0.923 bits per heavy atom. The Balaban J connectivity index is 1.72. The van der Waals surface area contributed by atoms with Crippen LogP contribution in [-0.4, -0.2) is 31.5 Å². The van der Waals surface area contributed by atoms with Crippen molar-refractivity contribution in [1.29, 1.82) is 0 Å². The van der Waals surface area contributed by atoms with Gasteiger partial charge in [-0.1, -0.05) is 12.1 Å². The number of ether oxygens (including phenoxy) is 1. The Bertz CT molecular complexity index is 788. The number of rotatable bonds is 7. The minimum absolute atomic E-state index is 0.0863. The van der Waals surface area contributed by atoms with Gasteiger partial charge < -0.3 is 15.4 Å². The van der Waals surface area contributed by atoms with Crippen molar-refractivity contribution < 1.29 is 18.7 Å². The SMILES string of the molecule is Cc1ccc(C)c(OCC(=O)NCCNC(=O)c2ccc(F)cc2)c1C. The van der Waals surface area contributed by atoms with E-state index in [1.165, 1.54) is 24.3 Å². The van der Waals surface area contributed by atoms with Crippen LogP contribution in [0.4, 0.5) is 4.39 Å². The van der Waals surface area contributed by atoms with Gasteiger partial charge in [0.1, 0.15) is 11.6 Å². The van der Waals surface area contributed by atoms with Crippen LogP contribution in [0.25, 0.3) is 0 Å². The van der Waals surface area contributed by atoms with Crippen LogP contribution in [0.1, 0.15) is 27.0 Å². The molecule has 2 N–H and O–H groups in total. The van der Waals surface area contributed by atoms with E-state index in [2.05, 4.69) is 10.6 Å². The Labute approximate surface area is 152 Å². The molecule has 0 aromatic heterocycles. The van der Waals surface area contributed by atoms with Gasteiger partial charge in [-0.15, -0.1) is 0 Å². The maximum atomic E-state index is 12.8. The normalized spacial score (nSPS) is 10.3. The van der Waals surface area contributed by atoms with Crippen LogP contribution in [-0.2, 0) is 4.79 Å². The number of carbonyl (C=O) groups excluding carboxylic acids is 2. The second kappa shape index (κ2) is 8.99. The van der Waals surface area contributed by atoms with Crippen LogP contribution in [0.3, 0.4) is 0 Å². The van der Waals surface area contributed by atoms with Crippen molar-refractivity contribution in [3.63, 3.8) is 0 Å². The monoisotopic (exact) mass is 358 g/mol. The molecule has 0 aliphatic carbocycles. The number of amides is 2. The lowest BCUT2D eigenvalue weighted by atomic mass is 10.1. The zero-order valence-electron chi connectivity index (χ0n) is 15.2. The Morgan fingerprint density at radius 2 is 1.54 bits per heavy atom. The molecule has 0 aliphatic heterocycles. The molecule has 6 heteroatoms. The first-order chi connectivity index (χ1) is 12.4. The van der Waals surface area contributed by atoms with Crippen molar-refractivity contribution in [2.24, 2.45) is 0 Å². The van der Waals surface area contributed by atoms with E-state index in [1.807, 2.05) is 32.9 Å². The molecule has 0 fully saturated rings. The molecule has 0 radical (unpaired) electrons. The molecule has 0 aliphatic rings. The molecule has 138 valence electrons. The third-order valence-corrected chi connectivity index (χ3v) is 4.06. The summed E-state index contributed by atoms with van der Waals surface area (Å²) in [5.74, 6) is -0.250. The maximum absolute atomic E-state index is 12.8. The first-order valence-electron chi connectivity index (χ1n) is 8.38. The summed E-state index contributed by atoms with van der Waals surface area (Å²) in [6.07, 6.45) is 0. The van der Waals surface area contributed by atoms with E-state index in [0.29, 0.717) is 5.56 Å². The van der Waals surface area contributed by atoms with Crippen LogP contribution >= 0.6 is 0 Å². The zero-order chi connectivity index (χ0) is 19.1. The van der Waals surface area contributed by atoms with Crippen LogP contribution in [0, 0.1) is 26.6 Å². The van der Waals surface area contributed by atoms with E-state index < -0.39 is 5.82 Å². The molecule has 2 rings (SSSR count). The molecule has 0 bridgehead atoms. The summed E-state index contributed by atoms with van der Waals surface area (Å²) in [5.41, 5.74) is 3.47. The van der Waals surface area contributed by atoms with Crippen molar-refractivity contribution in [3.05, 3.63) is 64.5 Å². The van der Waals surface area contributed by atoms with Gasteiger partial charge in [0.25, 0.3) is 11.8 Å². The highest BCUT2D eigenvalue weighted by atomic mass is 19.1. The lowest BCUT2D eigenvalue weighted by Crippen LogP contribution is -2.36. The smallest absolute Gasteiger partial charge is 0.258 e. The number of halogens is 1. The van der Waals surface area contributed by atoms with Crippen LogP contribution in [0.15, 0.2) is 36.4 Å². The zero-order valence-corrected chi connectivity index (χ0v) is 15.2. The van der Waals surface area contributed by atoms with E-state index >= 15 is 0 Å². The van der Waals surface area contributed by atoms with Crippen molar-refractivity contribution >= 4 is 11.8 Å². The molecule has 0 unspecified atom stereocenters. The average Bonchev–Trinajstić information content (AvgIpc) is 2.62. The van der Waals surface area contributed by atoms with Gasteiger partial charge in [0.05, 0.1) is 0 Å². The molecule has 0 heterocycles. The second-order valence-electron chi connectivity index (χ2n) is 6.05. The minimum atomic E-state index is -0.395. The number of nitrogens with one attached hydrogen (secondary N) is 2. The number of carbonyl (C=O) groups is 2. The summed E-state index contributed by atoms with van der Waals surface area (Å²) in [4.78, 5) is 23.7. The highest BCUT2D eigenvalue weighted by Gasteiger charge is 2.09. The molecule has 0 saturated heterocycles. The van der Waals surface area contributed by atoms with Gasteiger partial charge in [-0.05, 0) is 61.7 Å². The van der Waals surface area contributed by atoms with Gasteiger partial charge in [-0.25, -0.2) is 4.39 Å². The fourth-order valence-corrected chi connectivity index (χ4v) is 2.42. The summed E-state index contributed by atoms with van der Waals surface area (Å²) >= 11 is 0. The predicted octanol–water partition coefficient (Wildman–Crippen LogP) is 2.68. The molecular weight excluding hydrogens is 335 g/mol. The van der Waals surface area contributed by atoms with Crippen molar-refractivity contribution in [3.8, 4) is 5.75 Å². The Morgan fingerprint density at radius 3 is 2.23 bits per heavy atom. The number of aryl methyl sites for hydroxylation is 2. The molecule has 0 saturated carbocycles. The quantitative estimate of drug-likeness (QED) is 0.748. The van der Waals surface area contributed by atoms with Crippen LogP contribution in [0.2, 0.25) is 0 Å². The Kier molecular flexibility index (Phi) is 6.72. The summed E-state index contributed by atoms with van der Waals surface area (Å²) in [6, 6.07) is 9.24. The highest BCUT2D eigenvalue weighted by molar-refractivity contribution is 5.94. The lowest BCUT2D eigenvalue weighted by molar-refractivity contribution is -0.123. The first-order valence-corrected chi connectivity index (χ1v) is 8.38. The summed E-state index contributed by atoms with van der Waals surface area (Å²) < 4.78 is 18.5. The fraction of sp³-hybridized carbons (Fsp3) is 0.300. The molecule has 2 aromatic carbocycles. The number of benzene rings is 2. The Hall–Kier alpha value is -2.89. The van der Waals surface area contributed by atoms with Crippen molar-refractivity contribution in [2.45, 2.75) is 20.8 Å². The third-order valence-electron chi connectivity index (χ3n) is 4.06. The van der Waals surface area contributed by atoms with Crippen molar-refractivity contribution in [1.82, 2.24) is 10.6 Å². The van der Waals surface area contributed by atoms with E-state index in [9.17, 15) is 14.0 Å². The third kappa shape index (κ3) is 5.31. The standard InChI is InChI=1S/C20H23FN2O3/c1-13-4-5-14(2)19(15(13)3)26-12-18(24)22-10-11-23-20(25)16-6-8-17(21)9-7-16/h4-9H,10-12H2,1-3H3,(H,22,24)(H,23,25). The molecule has 2 amide bonds. The predicted molar refractivity (Wildman–Crippen MR) is 97.9 cm³/mol. The molecule has 0 atom stereocenters. The first kappa shape index (κ1) is 19.4. The van der Waals surface area contributed by atoms with Crippen molar-refractivity contribution in [2.75, 3.05) is 19.7 Å². The summed E-state index contributed by atoms with van der Waals surface area (Å²) in [7, 11) is 0. The molecule has 2 aromatic rings. The van der Waals surface area contributed by atoms with Crippen LogP contribution in [0.5, 0.6) is 5.75 Å². The maximum Gasteiger partial charge on any atom is 0.258 e. The van der Waals surface area contributed by atoms with Gasteiger partial charge in [-0.3, -0.25) is 9.59 Å².